The van der Waals surface area contributed by atoms with Crippen LogP contribution >= 0.6 is 12.6 Å². The zero-order valence-electron chi connectivity index (χ0n) is 19.1. The number of hydrogen-bond donors (Lipinski definition) is 3. The van der Waals surface area contributed by atoms with Gasteiger partial charge in [0.1, 0.15) is 23.9 Å². The van der Waals surface area contributed by atoms with E-state index in [1.165, 1.54) is 11.6 Å². The summed E-state index contributed by atoms with van der Waals surface area (Å²) in [4.78, 5) is 46.5. The van der Waals surface area contributed by atoms with Crippen LogP contribution in [-0.2, 0) is 32.1 Å². The fourth-order valence-corrected chi connectivity index (χ4v) is 3.37. The number of carbonyl (C=O) groups is 4. The van der Waals surface area contributed by atoms with Crippen LogP contribution in [0.15, 0.2) is 6.20 Å². The van der Waals surface area contributed by atoms with Crippen LogP contribution in [0.4, 0.5) is 0 Å². The van der Waals surface area contributed by atoms with Gasteiger partial charge in [0.25, 0.3) is 0 Å². The van der Waals surface area contributed by atoms with Crippen LogP contribution in [0, 0.1) is 0 Å². The van der Waals surface area contributed by atoms with E-state index in [-0.39, 0.29) is 29.8 Å². The van der Waals surface area contributed by atoms with Crippen molar-refractivity contribution in [2.45, 2.75) is 90.1 Å². The van der Waals surface area contributed by atoms with Crippen molar-refractivity contribution >= 4 is 35.9 Å². The van der Waals surface area contributed by atoms with Crippen LogP contribution in [0.1, 0.15) is 76.8 Å². The molecule has 0 radical (unpaired) electrons. The Bertz CT molecular complexity index is 738. The average molecular weight is 468 g/mol. The summed E-state index contributed by atoms with van der Waals surface area (Å²) >= 11 is 4.04. The summed E-state index contributed by atoms with van der Waals surface area (Å²) in [6.07, 6.45) is 8.80. The molecule has 1 unspecified atom stereocenters. The first-order chi connectivity index (χ1) is 15.3. The Morgan fingerprint density at radius 2 is 1.72 bits per heavy atom. The molecule has 9 nitrogen and oxygen atoms in total. The van der Waals surface area contributed by atoms with Gasteiger partial charge in [-0.3, -0.25) is 19.2 Å². The molecule has 0 saturated carbocycles. The number of ketones is 3. The zero-order valence-corrected chi connectivity index (χ0v) is 19.9. The van der Waals surface area contributed by atoms with E-state index in [0.717, 1.165) is 32.1 Å². The molecule has 0 fully saturated rings. The predicted octanol–water partition coefficient (Wildman–Crippen LogP) is 1.82. The van der Waals surface area contributed by atoms with E-state index in [2.05, 4.69) is 28.3 Å². The number of amides is 1. The van der Waals surface area contributed by atoms with Crippen molar-refractivity contribution in [1.82, 2.24) is 20.3 Å². The Labute approximate surface area is 195 Å². The molecule has 1 rings (SSSR count). The molecule has 1 heterocycles. The van der Waals surface area contributed by atoms with Crippen LogP contribution < -0.4 is 11.1 Å². The van der Waals surface area contributed by atoms with Crippen LogP contribution in [-0.4, -0.2) is 56.6 Å². The second kappa shape index (κ2) is 16.5. The number of aromatic nitrogens is 3. The standard InChI is InChI=1S/C22H37N5O4S/c1-17(28)21(23)9-5-6-13-24-22(31)16-27-15-18(25-26-27)10-11-19(29)7-3-2-4-8-20(30)12-14-32/h15,21,32H,2-14,16,23H2,1H3,(H,24,31). The topological polar surface area (TPSA) is 137 Å². The van der Waals surface area contributed by atoms with Crippen molar-refractivity contribution in [2.24, 2.45) is 5.73 Å². The summed E-state index contributed by atoms with van der Waals surface area (Å²) in [6, 6.07) is -0.426. The molecule has 3 N–H and O–H groups in total. The molecule has 0 aliphatic heterocycles. The lowest BCUT2D eigenvalue weighted by Crippen LogP contribution is -2.30. The quantitative estimate of drug-likeness (QED) is 0.208. The normalized spacial score (nSPS) is 11.8. The van der Waals surface area contributed by atoms with Crippen molar-refractivity contribution < 1.29 is 19.2 Å². The van der Waals surface area contributed by atoms with Crippen LogP contribution in [0.5, 0.6) is 0 Å². The predicted molar refractivity (Wildman–Crippen MR) is 125 cm³/mol. The molecule has 1 amide bonds. The zero-order chi connectivity index (χ0) is 23.8. The summed E-state index contributed by atoms with van der Waals surface area (Å²) in [6.45, 7) is 2.07. The molecule has 0 spiro atoms. The van der Waals surface area contributed by atoms with Crippen molar-refractivity contribution in [3.8, 4) is 0 Å². The highest BCUT2D eigenvalue weighted by atomic mass is 32.1. The Balaban J connectivity index is 2.14. The van der Waals surface area contributed by atoms with Gasteiger partial charge in [-0.25, -0.2) is 4.68 Å². The van der Waals surface area contributed by atoms with Gasteiger partial charge in [-0.05, 0) is 51.2 Å². The number of hydrogen-bond acceptors (Lipinski definition) is 8. The molecule has 32 heavy (non-hydrogen) atoms. The molecule has 0 aliphatic carbocycles. The lowest BCUT2D eigenvalue weighted by atomic mass is 10.0. The maximum Gasteiger partial charge on any atom is 0.241 e. The van der Waals surface area contributed by atoms with E-state index in [4.69, 9.17) is 5.73 Å². The molecule has 0 bridgehead atoms. The van der Waals surface area contributed by atoms with Crippen molar-refractivity contribution in [2.75, 3.05) is 12.3 Å². The monoisotopic (exact) mass is 467 g/mol. The highest BCUT2D eigenvalue weighted by Crippen LogP contribution is 2.08. The Morgan fingerprint density at radius 1 is 1.03 bits per heavy atom. The summed E-state index contributed by atoms with van der Waals surface area (Å²) in [7, 11) is 0. The second-order valence-corrected chi connectivity index (χ2v) is 8.53. The largest absolute Gasteiger partial charge is 0.354 e. The molecule has 0 saturated heterocycles. The van der Waals surface area contributed by atoms with E-state index in [1.807, 2.05) is 0 Å². The third kappa shape index (κ3) is 13.4. The first-order valence-corrected chi connectivity index (χ1v) is 12.0. The molecule has 10 heteroatoms. The first kappa shape index (κ1) is 28.0. The summed E-state index contributed by atoms with van der Waals surface area (Å²) in [5, 5.41) is 10.8. The number of rotatable bonds is 19. The number of Topliss-reactive ketones (excluding diaryl/α,β-unsaturated/α-hetero) is 3. The Kier molecular flexibility index (Phi) is 14.5. The van der Waals surface area contributed by atoms with E-state index >= 15 is 0 Å². The molecule has 180 valence electrons. The maximum atomic E-state index is 12.0. The van der Waals surface area contributed by atoms with E-state index in [0.29, 0.717) is 56.5 Å². The summed E-state index contributed by atoms with van der Waals surface area (Å²) < 4.78 is 1.46. The number of nitrogens with two attached hydrogens (primary N) is 1. The van der Waals surface area contributed by atoms with Gasteiger partial charge >= 0.3 is 0 Å². The molecular weight excluding hydrogens is 430 g/mol. The van der Waals surface area contributed by atoms with Gasteiger partial charge in [-0.2, -0.15) is 12.6 Å². The van der Waals surface area contributed by atoms with Gasteiger partial charge < -0.3 is 11.1 Å². The number of thiol groups is 1. The second-order valence-electron chi connectivity index (χ2n) is 8.08. The minimum Gasteiger partial charge on any atom is -0.354 e. The Morgan fingerprint density at radius 3 is 2.38 bits per heavy atom. The SMILES string of the molecule is CC(=O)C(N)CCCCNC(=O)Cn1cc(CCC(=O)CCCCCC(=O)CCS)nn1. The smallest absolute Gasteiger partial charge is 0.241 e. The van der Waals surface area contributed by atoms with Gasteiger partial charge in [-0.15, -0.1) is 5.10 Å². The van der Waals surface area contributed by atoms with Crippen molar-refractivity contribution in [3.05, 3.63) is 11.9 Å². The van der Waals surface area contributed by atoms with Crippen LogP contribution in [0.25, 0.3) is 0 Å². The lowest BCUT2D eigenvalue weighted by Gasteiger charge is -2.08. The highest BCUT2D eigenvalue weighted by Gasteiger charge is 2.10. The lowest BCUT2D eigenvalue weighted by molar-refractivity contribution is -0.122. The highest BCUT2D eigenvalue weighted by molar-refractivity contribution is 7.80. The van der Waals surface area contributed by atoms with Crippen LogP contribution in [0.2, 0.25) is 0 Å². The molecule has 0 aliphatic rings. The average Bonchev–Trinajstić information content (AvgIpc) is 3.18. The number of nitrogens with one attached hydrogen (secondary N) is 1. The van der Waals surface area contributed by atoms with Gasteiger partial charge in [0.15, 0.2) is 0 Å². The maximum absolute atomic E-state index is 12.0. The molecule has 1 aromatic heterocycles. The molecule has 1 atom stereocenters. The third-order valence-electron chi connectivity index (χ3n) is 5.14. The van der Waals surface area contributed by atoms with Crippen molar-refractivity contribution in [3.63, 3.8) is 0 Å². The van der Waals surface area contributed by atoms with Gasteiger partial charge in [-0.1, -0.05) is 11.6 Å². The number of nitrogens with zero attached hydrogens (tertiary/aromatic N) is 3. The van der Waals surface area contributed by atoms with E-state index in [9.17, 15) is 19.2 Å². The first-order valence-electron chi connectivity index (χ1n) is 11.4. The fourth-order valence-electron chi connectivity index (χ4n) is 3.12. The van der Waals surface area contributed by atoms with Gasteiger partial charge in [0.2, 0.25) is 5.91 Å². The fraction of sp³-hybridized carbons (Fsp3) is 0.727. The third-order valence-corrected chi connectivity index (χ3v) is 5.36. The van der Waals surface area contributed by atoms with Crippen molar-refractivity contribution in [1.29, 1.82) is 0 Å². The number of aryl methyl sites for hydroxylation is 1. The Hall–Kier alpha value is -2.07. The van der Waals surface area contributed by atoms with Gasteiger partial charge in [0, 0.05) is 38.4 Å². The summed E-state index contributed by atoms with van der Waals surface area (Å²) in [5.41, 5.74) is 6.35. The van der Waals surface area contributed by atoms with E-state index < -0.39 is 6.04 Å². The van der Waals surface area contributed by atoms with E-state index in [1.54, 1.807) is 6.20 Å². The molecule has 0 aromatic carbocycles. The molecular formula is C22H37N5O4S. The summed E-state index contributed by atoms with van der Waals surface area (Å²) in [5.74, 6) is 0.805. The van der Waals surface area contributed by atoms with Crippen LogP contribution in [0.3, 0.4) is 0 Å². The molecule has 1 aromatic rings. The minimum atomic E-state index is -0.426. The minimum absolute atomic E-state index is 0.0223. The number of unbranched alkanes of at least 4 members (excludes halogenated alkanes) is 3. The van der Waals surface area contributed by atoms with Gasteiger partial charge in [0.05, 0.1) is 11.7 Å². The number of carbonyl (C=O) groups excluding carboxylic acids is 4.